The molecule has 3 heterocycles. The molecule has 0 saturated heterocycles. The van der Waals surface area contributed by atoms with Crippen LogP contribution in [-0.2, 0) is 13.5 Å². The maximum Gasteiger partial charge on any atom is 0.316 e. The Labute approximate surface area is 160 Å². The van der Waals surface area contributed by atoms with Crippen molar-refractivity contribution in [2.24, 2.45) is 7.05 Å². The molecule has 0 aliphatic heterocycles. The summed E-state index contributed by atoms with van der Waals surface area (Å²) in [5.74, 6) is 1.37. The Bertz CT molecular complexity index is 1050. The third-order valence-electron chi connectivity index (χ3n) is 4.01. The van der Waals surface area contributed by atoms with Gasteiger partial charge < -0.3 is 9.26 Å². The average Bonchev–Trinajstić information content (AvgIpc) is 3.30. The smallest absolute Gasteiger partial charge is 0.316 e. The van der Waals surface area contributed by atoms with Gasteiger partial charge >= 0.3 is 6.01 Å². The Morgan fingerprint density at radius 3 is 2.81 bits per heavy atom. The van der Waals surface area contributed by atoms with Gasteiger partial charge in [-0.15, -0.1) is 5.10 Å². The highest BCUT2D eigenvalue weighted by Crippen LogP contribution is 2.24. The third kappa shape index (κ3) is 3.83. The van der Waals surface area contributed by atoms with Gasteiger partial charge in [0.2, 0.25) is 0 Å². The van der Waals surface area contributed by atoms with Crippen LogP contribution in [0.3, 0.4) is 0 Å². The minimum atomic E-state index is 0.403. The van der Waals surface area contributed by atoms with Crippen molar-refractivity contribution in [2.75, 3.05) is 6.61 Å². The molecule has 0 bridgehead atoms. The minimum absolute atomic E-state index is 0.403. The van der Waals surface area contributed by atoms with Gasteiger partial charge in [-0.2, -0.15) is 0 Å². The zero-order chi connectivity index (χ0) is 18.6. The summed E-state index contributed by atoms with van der Waals surface area (Å²) in [6.07, 6.45) is 4.03. The zero-order valence-electron chi connectivity index (χ0n) is 14.5. The molecule has 0 saturated carbocycles. The molecule has 0 atom stereocenters. The highest BCUT2D eigenvalue weighted by Gasteiger charge is 2.12. The summed E-state index contributed by atoms with van der Waals surface area (Å²) in [7, 11) is 1.85. The van der Waals surface area contributed by atoms with Gasteiger partial charge in [-0.05, 0) is 24.3 Å². The fraction of sp³-hybridized carbons (Fsp3) is 0.158. The monoisotopic (exact) mass is 381 g/mol. The van der Waals surface area contributed by atoms with Crippen molar-refractivity contribution >= 4 is 11.6 Å². The predicted octanol–water partition coefficient (Wildman–Crippen LogP) is 3.81. The summed E-state index contributed by atoms with van der Waals surface area (Å²) in [6, 6.07) is 13.5. The number of benzene rings is 1. The molecule has 0 N–H and O–H groups in total. The molecule has 4 rings (SSSR count). The molecule has 4 aromatic rings. The topological polar surface area (TPSA) is 78.9 Å². The van der Waals surface area contributed by atoms with Crippen LogP contribution in [0.15, 0.2) is 59.4 Å². The van der Waals surface area contributed by atoms with Crippen molar-refractivity contribution < 1.29 is 9.26 Å². The highest BCUT2D eigenvalue weighted by atomic mass is 35.5. The van der Waals surface area contributed by atoms with Crippen LogP contribution in [0, 0.1) is 0 Å². The molecule has 0 fully saturated rings. The van der Waals surface area contributed by atoms with Crippen LogP contribution in [0.1, 0.15) is 5.69 Å². The fourth-order valence-corrected chi connectivity index (χ4v) is 2.83. The number of pyridine rings is 1. The first kappa shape index (κ1) is 17.2. The molecular formula is C19H16ClN5O2. The van der Waals surface area contributed by atoms with E-state index in [1.165, 1.54) is 0 Å². The van der Waals surface area contributed by atoms with Crippen molar-refractivity contribution in [2.45, 2.75) is 6.42 Å². The number of halogens is 1. The molecule has 0 spiro atoms. The number of hydrogen-bond acceptors (Lipinski definition) is 6. The molecule has 0 amide bonds. The van der Waals surface area contributed by atoms with Crippen LogP contribution in [-0.4, -0.2) is 31.5 Å². The lowest BCUT2D eigenvalue weighted by molar-refractivity contribution is 0.282. The summed E-state index contributed by atoms with van der Waals surface area (Å²) >= 11 is 6.01. The lowest BCUT2D eigenvalue weighted by atomic mass is 10.1. The van der Waals surface area contributed by atoms with Gasteiger partial charge in [-0.3, -0.25) is 9.55 Å². The zero-order valence-corrected chi connectivity index (χ0v) is 15.3. The summed E-state index contributed by atoms with van der Waals surface area (Å²) in [4.78, 5) is 4.10. The predicted molar refractivity (Wildman–Crippen MR) is 100 cm³/mol. The van der Waals surface area contributed by atoms with Gasteiger partial charge in [0.05, 0.1) is 12.3 Å². The van der Waals surface area contributed by atoms with Crippen molar-refractivity contribution in [1.82, 2.24) is 24.9 Å². The number of rotatable bonds is 6. The maximum absolute atomic E-state index is 6.01. The van der Waals surface area contributed by atoms with E-state index in [1.54, 1.807) is 17.0 Å². The second-order valence-electron chi connectivity index (χ2n) is 5.90. The van der Waals surface area contributed by atoms with Gasteiger partial charge in [0.15, 0.2) is 11.6 Å². The third-order valence-corrected chi connectivity index (χ3v) is 4.25. The molecule has 8 heteroatoms. The molecular weight excluding hydrogens is 366 g/mol. The van der Waals surface area contributed by atoms with E-state index in [9.17, 15) is 0 Å². The van der Waals surface area contributed by atoms with E-state index in [-0.39, 0.29) is 0 Å². The van der Waals surface area contributed by atoms with E-state index < -0.39 is 0 Å². The molecule has 0 aliphatic carbocycles. The average molecular weight is 382 g/mol. The first-order chi connectivity index (χ1) is 13.2. The van der Waals surface area contributed by atoms with Crippen molar-refractivity contribution in [3.8, 4) is 28.7 Å². The standard InChI is InChI=1S/C19H16ClN5O2/c1-25-18(14-5-3-8-21-12-14)22-23-19(25)26-9-7-16-11-17(27-24-16)13-4-2-6-15(20)10-13/h2-6,8,10-12H,7,9H2,1H3. The summed E-state index contributed by atoms with van der Waals surface area (Å²) in [5, 5.41) is 13.0. The van der Waals surface area contributed by atoms with Gasteiger partial charge in [-0.25, -0.2) is 0 Å². The number of hydrogen-bond donors (Lipinski definition) is 0. The van der Waals surface area contributed by atoms with Crippen molar-refractivity contribution in [1.29, 1.82) is 0 Å². The van der Waals surface area contributed by atoms with Crippen LogP contribution >= 0.6 is 11.6 Å². The molecule has 7 nitrogen and oxygen atoms in total. The quantitative estimate of drug-likeness (QED) is 0.505. The molecule has 1 aromatic carbocycles. The van der Waals surface area contributed by atoms with Crippen LogP contribution in [0.4, 0.5) is 0 Å². The lowest BCUT2D eigenvalue weighted by Crippen LogP contribution is -2.06. The van der Waals surface area contributed by atoms with Gasteiger partial charge in [-0.1, -0.05) is 34.0 Å². The lowest BCUT2D eigenvalue weighted by Gasteiger charge is -2.04. The molecule has 0 radical (unpaired) electrons. The van der Waals surface area contributed by atoms with E-state index in [2.05, 4.69) is 20.3 Å². The number of ether oxygens (including phenoxy) is 1. The normalized spacial score (nSPS) is 10.9. The number of aromatic nitrogens is 5. The van der Waals surface area contributed by atoms with Crippen LogP contribution in [0.25, 0.3) is 22.7 Å². The van der Waals surface area contributed by atoms with Crippen LogP contribution in [0.2, 0.25) is 5.02 Å². The Morgan fingerprint density at radius 2 is 2.00 bits per heavy atom. The summed E-state index contributed by atoms with van der Waals surface area (Å²) < 4.78 is 12.9. The Kier molecular flexibility index (Phi) is 4.84. The maximum atomic E-state index is 6.01. The van der Waals surface area contributed by atoms with Gasteiger partial charge in [0.25, 0.3) is 0 Å². The van der Waals surface area contributed by atoms with Crippen LogP contribution < -0.4 is 4.74 Å². The minimum Gasteiger partial charge on any atom is -0.463 e. The first-order valence-corrected chi connectivity index (χ1v) is 8.72. The Balaban J connectivity index is 1.39. The van der Waals surface area contributed by atoms with Gasteiger partial charge in [0, 0.05) is 48.1 Å². The van der Waals surface area contributed by atoms with Gasteiger partial charge in [0.1, 0.15) is 0 Å². The summed E-state index contributed by atoms with van der Waals surface area (Å²) in [5.41, 5.74) is 2.56. The largest absolute Gasteiger partial charge is 0.463 e. The Hall–Kier alpha value is -3.19. The van der Waals surface area contributed by atoms with E-state index in [1.807, 2.05) is 49.5 Å². The molecule has 0 unspecified atom stereocenters. The first-order valence-electron chi connectivity index (χ1n) is 8.35. The number of nitrogens with zero attached hydrogens (tertiary/aromatic N) is 5. The fourth-order valence-electron chi connectivity index (χ4n) is 2.64. The molecule has 3 aromatic heterocycles. The molecule has 27 heavy (non-hydrogen) atoms. The highest BCUT2D eigenvalue weighted by molar-refractivity contribution is 6.30. The van der Waals surface area contributed by atoms with Crippen molar-refractivity contribution in [3.05, 3.63) is 65.6 Å². The molecule has 136 valence electrons. The van der Waals surface area contributed by atoms with Crippen LogP contribution in [0.5, 0.6) is 6.01 Å². The summed E-state index contributed by atoms with van der Waals surface area (Å²) in [6.45, 7) is 0.403. The second kappa shape index (κ2) is 7.59. The van der Waals surface area contributed by atoms with E-state index in [0.717, 1.165) is 16.8 Å². The van der Waals surface area contributed by atoms with Crippen molar-refractivity contribution in [3.63, 3.8) is 0 Å². The van der Waals surface area contributed by atoms with E-state index >= 15 is 0 Å². The Morgan fingerprint density at radius 1 is 1.11 bits per heavy atom. The second-order valence-corrected chi connectivity index (χ2v) is 6.33. The van der Waals surface area contributed by atoms with E-state index in [4.69, 9.17) is 20.9 Å². The molecule has 0 aliphatic rings. The van der Waals surface area contributed by atoms with E-state index in [0.29, 0.717) is 35.6 Å². The SMILES string of the molecule is Cn1c(OCCc2cc(-c3cccc(Cl)c3)on2)nnc1-c1cccnc1.